The predicted octanol–water partition coefficient (Wildman–Crippen LogP) is 1.41. The maximum absolute atomic E-state index is 12.2. The van der Waals surface area contributed by atoms with E-state index in [2.05, 4.69) is 4.74 Å². The lowest BCUT2D eigenvalue weighted by molar-refractivity contribution is -0.170. The van der Waals surface area contributed by atoms with Gasteiger partial charge in [-0.15, -0.1) is 0 Å². The minimum Gasteiger partial charge on any atom is -0.466 e. The Balaban J connectivity index is 4.27. The first kappa shape index (κ1) is 12.9. The number of halogens is 4. The number of rotatable bonds is 5. The Labute approximate surface area is 77.0 Å². The molecular weight excluding hydrogens is 208 g/mol. The molecule has 0 aliphatic heterocycles. The second-order valence-corrected chi connectivity index (χ2v) is 2.33. The van der Waals surface area contributed by atoms with Crippen LogP contribution in [0.4, 0.5) is 17.6 Å². The van der Waals surface area contributed by atoms with Crippen molar-refractivity contribution >= 4 is 11.8 Å². The third-order valence-corrected chi connectivity index (χ3v) is 1.26. The smallest absolute Gasteiger partial charge is 0.365 e. The zero-order valence-electron chi connectivity index (χ0n) is 7.23. The number of hydrogen-bond acceptors (Lipinski definition) is 3. The molecule has 14 heavy (non-hydrogen) atoms. The summed E-state index contributed by atoms with van der Waals surface area (Å²) in [5.74, 6) is -8.16. The molecule has 0 aromatic heterocycles. The van der Waals surface area contributed by atoms with Crippen LogP contribution in [0.1, 0.15) is 13.3 Å². The SMILES string of the molecule is CCOC(=O)CC(=O)C(F)(F)C(F)F. The van der Waals surface area contributed by atoms with Gasteiger partial charge in [-0.3, -0.25) is 9.59 Å². The summed E-state index contributed by atoms with van der Waals surface area (Å²) in [6.07, 6.45) is -5.45. The third-order valence-electron chi connectivity index (χ3n) is 1.26. The van der Waals surface area contributed by atoms with Crippen LogP contribution in [-0.4, -0.2) is 30.7 Å². The molecule has 0 saturated carbocycles. The quantitative estimate of drug-likeness (QED) is 0.396. The van der Waals surface area contributed by atoms with E-state index in [1.54, 1.807) is 0 Å². The van der Waals surface area contributed by atoms with Crippen molar-refractivity contribution in [3.8, 4) is 0 Å². The molecule has 0 radical (unpaired) electrons. The molecule has 0 N–H and O–H groups in total. The van der Waals surface area contributed by atoms with Crippen molar-refractivity contribution in [2.24, 2.45) is 0 Å². The molecule has 0 bridgehead atoms. The van der Waals surface area contributed by atoms with Crippen LogP contribution in [0.15, 0.2) is 0 Å². The average molecular weight is 216 g/mol. The zero-order chi connectivity index (χ0) is 11.4. The molecule has 0 fully saturated rings. The van der Waals surface area contributed by atoms with E-state index in [1.807, 2.05) is 0 Å². The minimum atomic E-state index is -4.78. The van der Waals surface area contributed by atoms with Crippen molar-refractivity contribution in [1.29, 1.82) is 0 Å². The van der Waals surface area contributed by atoms with E-state index >= 15 is 0 Å². The van der Waals surface area contributed by atoms with Gasteiger partial charge in [0.1, 0.15) is 6.42 Å². The van der Waals surface area contributed by atoms with Crippen molar-refractivity contribution in [3.63, 3.8) is 0 Å². The summed E-state index contributed by atoms with van der Waals surface area (Å²) < 4.78 is 51.8. The standard InChI is InChI=1S/C7H8F4O3/c1-2-14-5(13)3-4(12)7(10,11)6(8)9/h6H,2-3H2,1H3. The number of hydrogen-bond donors (Lipinski definition) is 0. The molecule has 7 heteroatoms. The van der Waals surface area contributed by atoms with Gasteiger partial charge < -0.3 is 4.74 Å². The summed E-state index contributed by atoms with van der Waals surface area (Å²) in [6, 6.07) is 0. The van der Waals surface area contributed by atoms with Crippen molar-refractivity contribution in [3.05, 3.63) is 0 Å². The number of alkyl halides is 4. The van der Waals surface area contributed by atoms with Gasteiger partial charge in [0.2, 0.25) is 5.78 Å². The topological polar surface area (TPSA) is 43.4 Å². The van der Waals surface area contributed by atoms with E-state index in [-0.39, 0.29) is 6.61 Å². The van der Waals surface area contributed by atoms with Crippen LogP contribution >= 0.6 is 0 Å². The molecule has 0 atom stereocenters. The first-order chi connectivity index (χ1) is 6.32. The highest BCUT2D eigenvalue weighted by Gasteiger charge is 2.48. The summed E-state index contributed by atoms with van der Waals surface area (Å²) in [5.41, 5.74) is 0. The lowest BCUT2D eigenvalue weighted by atomic mass is 10.1. The maximum atomic E-state index is 12.2. The number of ketones is 1. The van der Waals surface area contributed by atoms with E-state index in [4.69, 9.17) is 0 Å². The summed E-state index contributed by atoms with van der Waals surface area (Å²) >= 11 is 0. The molecule has 0 saturated heterocycles. The Bertz CT molecular complexity index is 227. The van der Waals surface area contributed by atoms with Gasteiger partial charge in [0.25, 0.3) is 0 Å². The largest absolute Gasteiger partial charge is 0.466 e. The van der Waals surface area contributed by atoms with Crippen LogP contribution in [0.5, 0.6) is 0 Å². The highest BCUT2D eigenvalue weighted by molar-refractivity contribution is 5.99. The summed E-state index contributed by atoms with van der Waals surface area (Å²) in [5, 5.41) is 0. The van der Waals surface area contributed by atoms with Gasteiger partial charge in [-0.05, 0) is 6.92 Å². The molecule has 0 aromatic rings. The van der Waals surface area contributed by atoms with Gasteiger partial charge in [-0.1, -0.05) is 0 Å². The Hall–Kier alpha value is -1.14. The molecule has 0 aliphatic carbocycles. The minimum absolute atomic E-state index is 0.105. The van der Waals surface area contributed by atoms with Crippen LogP contribution in [0.3, 0.4) is 0 Å². The summed E-state index contributed by atoms with van der Waals surface area (Å²) in [4.78, 5) is 21.0. The fraction of sp³-hybridized carbons (Fsp3) is 0.714. The molecule has 3 nitrogen and oxygen atoms in total. The molecule has 0 spiro atoms. The number of carbonyl (C=O) groups excluding carboxylic acids is 2. The monoisotopic (exact) mass is 216 g/mol. The second kappa shape index (κ2) is 4.92. The normalized spacial score (nSPS) is 11.6. The van der Waals surface area contributed by atoms with Gasteiger partial charge in [0, 0.05) is 0 Å². The lowest BCUT2D eigenvalue weighted by Gasteiger charge is -2.12. The van der Waals surface area contributed by atoms with E-state index in [9.17, 15) is 27.2 Å². The molecular formula is C7H8F4O3. The highest BCUT2D eigenvalue weighted by atomic mass is 19.3. The van der Waals surface area contributed by atoms with Crippen LogP contribution in [-0.2, 0) is 14.3 Å². The molecule has 0 aliphatic rings. The maximum Gasteiger partial charge on any atom is 0.365 e. The Kier molecular flexibility index (Phi) is 4.52. The van der Waals surface area contributed by atoms with E-state index < -0.39 is 30.5 Å². The number of carbonyl (C=O) groups is 2. The van der Waals surface area contributed by atoms with Crippen molar-refractivity contribution in [1.82, 2.24) is 0 Å². The molecule has 0 heterocycles. The fourth-order valence-electron chi connectivity index (χ4n) is 0.583. The van der Waals surface area contributed by atoms with E-state index in [0.717, 1.165) is 0 Å². The third kappa shape index (κ3) is 3.31. The number of ether oxygens (including phenoxy) is 1. The van der Waals surface area contributed by atoms with Gasteiger partial charge in [-0.2, -0.15) is 8.78 Å². The number of Topliss-reactive ketones (excluding diaryl/α,β-unsaturated/α-hetero) is 1. The van der Waals surface area contributed by atoms with Crippen LogP contribution in [0, 0.1) is 0 Å². The van der Waals surface area contributed by atoms with Crippen molar-refractivity contribution in [2.75, 3.05) is 6.61 Å². The summed E-state index contributed by atoms with van der Waals surface area (Å²) in [6.45, 7) is 1.29. The van der Waals surface area contributed by atoms with E-state index in [1.165, 1.54) is 6.92 Å². The summed E-state index contributed by atoms with van der Waals surface area (Å²) in [7, 11) is 0. The molecule has 0 rings (SSSR count). The van der Waals surface area contributed by atoms with Crippen molar-refractivity contribution in [2.45, 2.75) is 25.7 Å². The number of esters is 1. The average Bonchev–Trinajstić information content (AvgIpc) is 2.03. The van der Waals surface area contributed by atoms with Crippen LogP contribution in [0.25, 0.3) is 0 Å². The van der Waals surface area contributed by atoms with Crippen LogP contribution < -0.4 is 0 Å². The van der Waals surface area contributed by atoms with Gasteiger partial charge in [0.05, 0.1) is 6.61 Å². The first-order valence-electron chi connectivity index (χ1n) is 3.67. The van der Waals surface area contributed by atoms with Gasteiger partial charge >= 0.3 is 18.3 Å². The molecule has 82 valence electrons. The molecule has 0 aromatic carbocycles. The van der Waals surface area contributed by atoms with Crippen LogP contribution in [0.2, 0.25) is 0 Å². The Morgan fingerprint density at radius 3 is 2.21 bits per heavy atom. The Morgan fingerprint density at radius 2 is 1.86 bits per heavy atom. The van der Waals surface area contributed by atoms with Crippen molar-refractivity contribution < 1.29 is 31.9 Å². The first-order valence-corrected chi connectivity index (χ1v) is 3.67. The predicted molar refractivity (Wildman–Crippen MR) is 37.2 cm³/mol. The highest BCUT2D eigenvalue weighted by Crippen LogP contribution is 2.25. The molecule has 0 unspecified atom stereocenters. The van der Waals surface area contributed by atoms with E-state index in [0.29, 0.717) is 0 Å². The van der Waals surface area contributed by atoms with Gasteiger partial charge in [0.15, 0.2) is 0 Å². The Morgan fingerprint density at radius 1 is 1.36 bits per heavy atom. The van der Waals surface area contributed by atoms with Gasteiger partial charge in [-0.25, -0.2) is 8.78 Å². The zero-order valence-corrected chi connectivity index (χ0v) is 7.23. The lowest BCUT2D eigenvalue weighted by Crippen LogP contribution is -2.37. The molecule has 0 amide bonds. The fourth-order valence-corrected chi connectivity index (χ4v) is 0.583. The second-order valence-electron chi connectivity index (χ2n) is 2.33.